The first-order valence-electron chi connectivity index (χ1n) is 11.2. The van der Waals surface area contributed by atoms with E-state index in [1.165, 1.54) is 24.1 Å². The molecular weight excluding hydrogens is 506 g/mol. The van der Waals surface area contributed by atoms with E-state index < -0.39 is 57.6 Å². The molecule has 2 aromatic rings. The Morgan fingerprint density at radius 1 is 1.08 bits per heavy atom. The average molecular weight is 528 g/mol. The van der Waals surface area contributed by atoms with Gasteiger partial charge in [0, 0.05) is 0 Å². The quantitative estimate of drug-likeness (QED) is 0.163. The maximum absolute atomic E-state index is 13.3. The zero-order valence-corrected chi connectivity index (χ0v) is 20.5. The second kappa shape index (κ2) is 9.07. The van der Waals surface area contributed by atoms with Crippen LogP contribution in [-0.2, 0) is 25.8 Å². The Morgan fingerprint density at radius 3 is 2.27 bits per heavy atom. The van der Waals surface area contributed by atoms with E-state index in [9.17, 15) is 29.3 Å². The van der Waals surface area contributed by atoms with Crippen LogP contribution in [0.4, 0.5) is 0 Å². The standard InChI is InChI=1S/C24H21N3O9S/c1-24(12-36-27(32)33)18(23(31)35-11-13-7-9-14(34-2)10-8-13)26-21(30)17(22(26)37-24)25-19(28)15-5-3-4-6-16(15)20(25)29/h3-10,17-18,22H,11-12H2,1-2H3. The van der Waals surface area contributed by atoms with Crippen LogP contribution in [0.15, 0.2) is 48.5 Å². The Balaban J connectivity index is 1.38. The van der Waals surface area contributed by atoms with Gasteiger partial charge in [0.15, 0.2) is 0 Å². The highest BCUT2D eigenvalue weighted by atomic mass is 32.2. The molecule has 2 fully saturated rings. The van der Waals surface area contributed by atoms with Crippen molar-refractivity contribution in [1.82, 2.24) is 9.80 Å². The number of hydrogen-bond acceptors (Lipinski definition) is 10. The first-order valence-corrected chi connectivity index (χ1v) is 12.1. The molecule has 2 aromatic carbocycles. The molecule has 0 saturated carbocycles. The lowest BCUT2D eigenvalue weighted by atomic mass is 9.94. The van der Waals surface area contributed by atoms with Crippen LogP contribution in [0.3, 0.4) is 0 Å². The topological polar surface area (TPSA) is 146 Å². The molecule has 37 heavy (non-hydrogen) atoms. The number of nitrogens with zero attached hydrogens (tertiary/aromatic N) is 3. The van der Waals surface area contributed by atoms with Crippen molar-refractivity contribution in [2.75, 3.05) is 13.7 Å². The summed E-state index contributed by atoms with van der Waals surface area (Å²) < 4.78 is 9.31. The van der Waals surface area contributed by atoms with Crippen LogP contribution in [0.25, 0.3) is 0 Å². The minimum Gasteiger partial charge on any atom is -0.497 e. The van der Waals surface area contributed by atoms with Crippen LogP contribution in [-0.4, -0.2) is 74.5 Å². The molecule has 2 saturated heterocycles. The molecule has 0 N–H and O–H groups in total. The molecule has 5 rings (SSSR count). The fourth-order valence-electron chi connectivity index (χ4n) is 4.81. The van der Waals surface area contributed by atoms with E-state index in [-0.39, 0.29) is 17.7 Å². The van der Waals surface area contributed by atoms with E-state index in [0.717, 1.165) is 16.7 Å². The van der Waals surface area contributed by atoms with Gasteiger partial charge in [0.2, 0.25) is 0 Å². The van der Waals surface area contributed by atoms with Crippen molar-refractivity contribution in [1.29, 1.82) is 0 Å². The van der Waals surface area contributed by atoms with Crippen LogP contribution in [0, 0.1) is 10.1 Å². The van der Waals surface area contributed by atoms with Gasteiger partial charge in [-0.05, 0) is 36.8 Å². The highest BCUT2D eigenvalue weighted by Gasteiger charge is 2.69. The van der Waals surface area contributed by atoms with Crippen molar-refractivity contribution in [3.8, 4) is 5.75 Å². The first-order chi connectivity index (χ1) is 17.7. The molecule has 0 aromatic heterocycles. The molecule has 0 aliphatic carbocycles. The third-order valence-corrected chi connectivity index (χ3v) is 8.23. The Kier molecular flexibility index (Phi) is 6.02. The second-order valence-corrected chi connectivity index (χ2v) is 10.5. The monoisotopic (exact) mass is 527 g/mol. The number of carbonyl (C=O) groups excluding carboxylic acids is 4. The first kappa shape index (κ1) is 24.6. The van der Waals surface area contributed by atoms with E-state index in [0.29, 0.717) is 11.3 Å². The van der Waals surface area contributed by atoms with Gasteiger partial charge < -0.3 is 19.2 Å². The number of carbonyl (C=O) groups is 4. The second-order valence-electron chi connectivity index (χ2n) is 8.89. The van der Waals surface area contributed by atoms with E-state index >= 15 is 0 Å². The van der Waals surface area contributed by atoms with Crippen LogP contribution in [0.5, 0.6) is 5.75 Å². The number of ether oxygens (including phenoxy) is 2. The smallest absolute Gasteiger partial charge is 0.330 e. The summed E-state index contributed by atoms with van der Waals surface area (Å²) in [5.41, 5.74) is 1.05. The molecule has 12 nitrogen and oxygen atoms in total. The SMILES string of the molecule is COc1ccc(COC(=O)C2N3C(=O)C(N4C(=O)c5ccccc5C4=O)C3SC2(C)CO[N+](=O)[O-])cc1. The third kappa shape index (κ3) is 3.95. The molecule has 3 heterocycles. The zero-order valence-electron chi connectivity index (χ0n) is 19.7. The van der Waals surface area contributed by atoms with Crippen molar-refractivity contribution in [3.05, 3.63) is 75.3 Å². The van der Waals surface area contributed by atoms with Gasteiger partial charge in [0.05, 0.1) is 23.0 Å². The van der Waals surface area contributed by atoms with Crippen molar-refractivity contribution in [3.63, 3.8) is 0 Å². The van der Waals surface area contributed by atoms with E-state index in [2.05, 4.69) is 4.84 Å². The number of esters is 1. The fraction of sp³-hybridized carbons (Fsp3) is 0.333. The predicted molar refractivity (Wildman–Crippen MR) is 127 cm³/mol. The number of fused-ring (bicyclic) bond motifs is 2. The summed E-state index contributed by atoms with van der Waals surface area (Å²) in [7, 11) is 1.52. The van der Waals surface area contributed by atoms with Gasteiger partial charge in [0.25, 0.3) is 22.8 Å². The summed E-state index contributed by atoms with van der Waals surface area (Å²) in [6.45, 7) is 0.929. The number of amides is 3. The van der Waals surface area contributed by atoms with Gasteiger partial charge in [-0.25, -0.2) is 4.79 Å². The molecule has 4 unspecified atom stereocenters. The van der Waals surface area contributed by atoms with Gasteiger partial charge in [-0.3, -0.25) is 19.3 Å². The third-order valence-electron chi connectivity index (χ3n) is 6.62. The minimum atomic E-state index is -1.28. The molecule has 192 valence electrons. The van der Waals surface area contributed by atoms with Crippen molar-refractivity contribution in [2.45, 2.75) is 35.7 Å². The molecule has 4 atom stereocenters. The average Bonchev–Trinajstić information content (AvgIpc) is 3.31. The lowest BCUT2D eigenvalue weighted by molar-refractivity contribution is -0.758. The molecule has 0 radical (unpaired) electrons. The molecule has 13 heteroatoms. The maximum atomic E-state index is 13.3. The highest BCUT2D eigenvalue weighted by Crippen LogP contribution is 2.53. The van der Waals surface area contributed by atoms with Crippen LogP contribution in [0.2, 0.25) is 0 Å². The van der Waals surface area contributed by atoms with Crippen LogP contribution in [0.1, 0.15) is 33.2 Å². The summed E-state index contributed by atoms with van der Waals surface area (Å²) in [6.07, 6.45) is 0. The fourth-order valence-corrected chi connectivity index (χ4v) is 6.53. The molecule has 0 bridgehead atoms. The molecule has 3 aliphatic rings. The summed E-state index contributed by atoms with van der Waals surface area (Å²) in [4.78, 5) is 70.2. The minimum absolute atomic E-state index is 0.106. The molecule has 3 amide bonds. The lowest BCUT2D eigenvalue weighted by Gasteiger charge is -2.46. The Bertz CT molecular complexity index is 1280. The zero-order chi connectivity index (χ0) is 26.5. The molecule has 3 aliphatic heterocycles. The van der Waals surface area contributed by atoms with Gasteiger partial charge in [-0.2, -0.15) is 0 Å². The van der Waals surface area contributed by atoms with Crippen molar-refractivity contribution >= 4 is 35.5 Å². The van der Waals surface area contributed by atoms with E-state index in [4.69, 9.17) is 9.47 Å². The maximum Gasteiger partial charge on any atom is 0.330 e. The summed E-state index contributed by atoms with van der Waals surface area (Å²) >= 11 is 1.06. The highest BCUT2D eigenvalue weighted by molar-refractivity contribution is 8.01. The van der Waals surface area contributed by atoms with Gasteiger partial charge >= 0.3 is 5.97 Å². The Labute approximate surface area is 214 Å². The van der Waals surface area contributed by atoms with Crippen LogP contribution >= 0.6 is 11.8 Å². The normalized spacial score (nSPS) is 25.9. The summed E-state index contributed by atoms with van der Waals surface area (Å²) in [5.74, 6) is -1.99. The molecular formula is C24H21N3O9S. The Hall–Kier alpha value is -4.13. The largest absolute Gasteiger partial charge is 0.497 e. The number of thioether (sulfide) groups is 1. The van der Waals surface area contributed by atoms with Gasteiger partial charge in [-0.1, -0.05) is 24.3 Å². The number of β-lactam (4-membered cyclic amide) rings is 1. The number of benzene rings is 2. The predicted octanol–water partition coefficient (Wildman–Crippen LogP) is 1.65. The number of rotatable bonds is 8. The van der Waals surface area contributed by atoms with E-state index in [1.807, 2.05) is 0 Å². The Morgan fingerprint density at radius 2 is 1.70 bits per heavy atom. The number of hydrogen-bond donors (Lipinski definition) is 0. The summed E-state index contributed by atoms with van der Waals surface area (Å²) in [6, 6.07) is 10.7. The summed E-state index contributed by atoms with van der Waals surface area (Å²) in [5, 5.41) is 9.16. The number of imide groups is 1. The van der Waals surface area contributed by atoms with Crippen molar-refractivity contribution < 1.29 is 38.6 Å². The number of methoxy groups -OCH3 is 1. The van der Waals surface area contributed by atoms with Crippen LogP contribution < -0.4 is 4.74 Å². The van der Waals surface area contributed by atoms with Crippen molar-refractivity contribution in [2.24, 2.45) is 0 Å². The van der Waals surface area contributed by atoms with Gasteiger partial charge in [0.1, 0.15) is 36.4 Å². The van der Waals surface area contributed by atoms with Gasteiger partial charge in [-0.15, -0.1) is 21.9 Å². The van der Waals surface area contributed by atoms with E-state index in [1.54, 1.807) is 43.3 Å². The lowest BCUT2D eigenvalue weighted by Crippen LogP contribution is -2.71. The molecule has 0 spiro atoms.